The summed E-state index contributed by atoms with van der Waals surface area (Å²) in [5.74, 6) is -0.339. The highest BCUT2D eigenvalue weighted by Gasteiger charge is 2.20. The zero-order chi connectivity index (χ0) is 19.8. The maximum atomic E-state index is 12.6. The van der Waals surface area contributed by atoms with Gasteiger partial charge in [-0.25, -0.2) is 9.42 Å². The largest absolute Gasteiger partial charge is 0.370 e. The molecule has 2 aromatic heterocycles. The predicted octanol–water partition coefficient (Wildman–Crippen LogP) is 1.94. The summed E-state index contributed by atoms with van der Waals surface area (Å²) in [6, 6.07) is 3.72. The van der Waals surface area contributed by atoms with E-state index >= 15 is 0 Å². The highest BCUT2D eigenvalue weighted by Crippen LogP contribution is 2.31. The fourth-order valence-electron chi connectivity index (χ4n) is 3.58. The molecule has 3 heterocycles. The van der Waals surface area contributed by atoms with Gasteiger partial charge in [-0.3, -0.25) is 9.36 Å². The summed E-state index contributed by atoms with van der Waals surface area (Å²) in [6.45, 7) is 7.28. The number of hydrogen-bond acceptors (Lipinski definition) is 7. The van der Waals surface area contributed by atoms with Crippen LogP contribution in [-0.4, -0.2) is 38.9 Å². The van der Waals surface area contributed by atoms with Crippen LogP contribution in [0.25, 0.3) is 11.0 Å². The molecule has 0 atom stereocenters. The molecule has 0 radical (unpaired) electrons. The second-order valence-electron chi connectivity index (χ2n) is 7.11. The van der Waals surface area contributed by atoms with Gasteiger partial charge in [-0.15, -0.1) is 0 Å². The Morgan fingerprint density at radius 2 is 1.86 bits per heavy atom. The molecule has 0 spiro atoms. The molecule has 1 saturated heterocycles. The van der Waals surface area contributed by atoms with Gasteiger partial charge in [0.2, 0.25) is 5.91 Å². The molecule has 9 nitrogen and oxygen atoms in total. The zero-order valence-electron chi connectivity index (χ0n) is 16.2. The van der Waals surface area contributed by atoms with E-state index in [-0.39, 0.29) is 12.5 Å². The number of aromatic nitrogens is 4. The maximum Gasteiger partial charge on any atom is 0.348 e. The SMILES string of the molecule is Cc1nc(=O)n(CC(=O)Nc2ccc(N3CCCC3)c3nonc23)c(C)c1C. The van der Waals surface area contributed by atoms with Gasteiger partial charge in [-0.05, 0) is 61.6 Å². The summed E-state index contributed by atoms with van der Waals surface area (Å²) < 4.78 is 6.30. The predicted molar refractivity (Wildman–Crippen MR) is 105 cm³/mol. The van der Waals surface area contributed by atoms with Crippen molar-refractivity contribution in [3.05, 3.63) is 39.6 Å². The Hall–Kier alpha value is -3.23. The highest BCUT2D eigenvalue weighted by molar-refractivity contribution is 6.02. The van der Waals surface area contributed by atoms with Crippen molar-refractivity contribution < 1.29 is 9.42 Å². The minimum Gasteiger partial charge on any atom is -0.370 e. The van der Waals surface area contributed by atoms with Crippen LogP contribution >= 0.6 is 0 Å². The Morgan fingerprint density at radius 3 is 2.61 bits per heavy atom. The van der Waals surface area contributed by atoms with Crippen molar-refractivity contribution in [2.75, 3.05) is 23.3 Å². The first-order chi connectivity index (χ1) is 13.5. The molecule has 0 saturated carbocycles. The summed E-state index contributed by atoms with van der Waals surface area (Å²) in [5, 5.41) is 10.8. The fraction of sp³-hybridized carbons (Fsp3) is 0.421. The number of carbonyl (C=O) groups excluding carboxylic acids is 1. The van der Waals surface area contributed by atoms with Crippen LogP contribution in [0.2, 0.25) is 0 Å². The van der Waals surface area contributed by atoms with Crippen LogP contribution in [-0.2, 0) is 11.3 Å². The molecule has 0 bridgehead atoms. The average molecular weight is 382 g/mol. The van der Waals surface area contributed by atoms with Gasteiger partial charge in [0.05, 0.1) is 11.4 Å². The van der Waals surface area contributed by atoms with Gasteiger partial charge in [-0.1, -0.05) is 0 Å². The number of amides is 1. The van der Waals surface area contributed by atoms with Crippen LogP contribution in [0, 0.1) is 20.8 Å². The zero-order valence-corrected chi connectivity index (χ0v) is 16.2. The normalized spacial score (nSPS) is 14.0. The summed E-state index contributed by atoms with van der Waals surface area (Å²) in [4.78, 5) is 31.0. The van der Waals surface area contributed by atoms with Crippen molar-refractivity contribution in [2.45, 2.75) is 40.2 Å². The van der Waals surface area contributed by atoms with Crippen LogP contribution in [0.3, 0.4) is 0 Å². The van der Waals surface area contributed by atoms with Crippen molar-refractivity contribution in [3.63, 3.8) is 0 Å². The Morgan fingerprint density at radius 1 is 1.14 bits per heavy atom. The first-order valence-electron chi connectivity index (χ1n) is 9.30. The number of hydrogen-bond donors (Lipinski definition) is 1. The molecule has 9 heteroatoms. The van der Waals surface area contributed by atoms with E-state index in [1.54, 1.807) is 13.0 Å². The van der Waals surface area contributed by atoms with Gasteiger partial charge < -0.3 is 10.2 Å². The molecular weight excluding hydrogens is 360 g/mol. The molecule has 3 aromatic rings. The number of nitrogens with one attached hydrogen (secondary N) is 1. The van der Waals surface area contributed by atoms with E-state index in [4.69, 9.17) is 4.63 Å². The van der Waals surface area contributed by atoms with Crippen molar-refractivity contribution in [1.29, 1.82) is 0 Å². The van der Waals surface area contributed by atoms with Crippen LogP contribution in [0.1, 0.15) is 29.8 Å². The third kappa shape index (κ3) is 3.12. The van der Waals surface area contributed by atoms with E-state index in [9.17, 15) is 9.59 Å². The van der Waals surface area contributed by atoms with E-state index in [1.165, 1.54) is 4.57 Å². The molecule has 1 fully saturated rings. The van der Waals surface area contributed by atoms with Gasteiger partial charge in [0.25, 0.3) is 0 Å². The molecule has 4 rings (SSSR count). The van der Waals surface area contributed by atoms with Crippen LogP contribution in [0.5, 0.6) is 0 Å². The lowest BCUT2D eigenvalue weighted by molar-refractivity contribution is -0.116. The van der Waals surface area contributed by atoms with Gasteiger partial charge in [0, 0.05) is 24.5 Å². The molecule has 1 aliphatic heterocycles. The van der Waals surface area contributed by atoms with Crippen molar-refractivity contribution >= 4 is 28.3 Å². The number of rotatable bonds is 4. The highest BCUT2D eigenvalue weighted by atomic mass is 16.6. The molecule has 0 unspecified atom stereocenters. The summed E-state index contributed by atoms with van der Waals surface area (Å²) in [7, 11) is 0. The van der Waals surface area contributed by atoms with Crippen molar-refractivity contribution in [3.8, 4) is 0 Å². The topological polar surface area (TPSA) is 106 Å². The average Bonchev–Trinajstić information content (AvgIpc) is 3.36. The number of aryl methyl sites for hydroxylation is 1. The van der Waals surface area contributed by atoms with Crippen molar-refractivity contribution in [1.82, 2.24) is 19.9 Å². The smallest absolute Gasteiger partial charge is 0.348 e. The second-order valence-corrected chi connectivity index (χ2v) is 7.11. The van der Waals surface area contributed by atoms with E-state index < -0.39 is 5.69 Å². The van der Waals surface area contributed by atoms with Gasteiger partial charge in [0.15, 0.2) is 11.0 Å². The lowest BCUT2D eigenvalue weighted by Gasteiger charge is -2.18. The molecule has 0 aliphatic carbocycles. The summed E-state index contributed by atoms with van der Waals surface area (Å²) >= 11 is 0. The molecule has 28 heavy (non-hydrogen) atoms. The number of carbonyl (C=O) groups is 1. The first kappa shape index (κ1) is 18.1. The maximum absolute atomic E-state index is 12.6. The third-order valence-corrected chi connectivity index (χ3v) is 5.40. The van der Waals surface area contributed by atoms with E-state index in [1.807, 2.05) is 19.9 Å². The van der Waals surface area contributed by atoms with E-state index in [2.05, 4.69) is 25.5 Å². The number of fused-ring (bicyclic) bond motifs is 1. The Kier molecular flexibility index (Phi) is 4.58. The number of benzene rings is 1. The van der Waals surface area contributed by atoms with Crippen molar-refractivity contribution in [2.24, 2.45) is 0 Å². The standard InChI is InChI=1S/C19H22N6O3/c1-11-12(2)20-19(27)25(13(11)3)10-16(26)21-14-6-7-15(24-8-4-5-9-24)18-17(14)22-28-23-18/h6-7H,4-5,8-10H2,1-3H3,(H,21,26). The quantitative estimate of drug-likeness (QED) is 0.735. The summed E-state index contributed by atoms with van der Waals surface area (Å²) in [6.07, 6.45) is 2.28. The molecule has 1 aliphatic rings. The molecular formula is C19H22N6O3. The number of nitrogens with zero attached hydrogens (tertiary/aromatic N) is 5. The molecule has 1 N–H and O–H groups in total. The van der Waals surface area contributed by atoms with Crippen LogP contribution < -0.4 is 15.9 Å². The number of anilines is 2. The monoisotopic (exact) mass is 382 g/mol. The Bertz CT molecular complexity index is 1110. The lowest BCUT2D eigenvalue weighted by atomic mass is 10.2. The lowest BCUT2D eigenvalue weighted by Crippen LogP contribution is -2.32. The van der Waals surface area contributed by atoms with Gasteiger partial charge in [0.1, 0.15) is 6.54 Å². The molecule has 146 valence electrons. The van der Waals surface area contributed by atoms with Gasteiger partial charge >= 0.3 is 5.69 Å². The van der Waals surface area contributed by atoms with E-state index in [0.29, 0.717) is 22.4 Å². The van der Waals surface area contributed by atoms with E-state index in [0.717, 1.165) is 42.9 Å². The van der Waals surface area contributed by atoms with Crippen LogP contribution in [0.4, 0.5) is 11.4 Å². The van der Waals surface area contributed by atoms with Gasteiger partial charge in [-0.2, -0.15) is 4.98 Å². The minimum atomic E-state index is -0.437. The minimum absolute atomic E-state index is 0.126. The Balaban J connectivity index is 1.60. The first-order valence-corrected chi connectivity index (χ1v) is 9.30. The second kappa shape index (κ2) is 7.06. The summed E-state index contributed by atoms with van der Waals surface area (Å²) in [5.41, 5.74) is 4.45. The van der Waals surface area contributed by atoms with Crippen LogP contribution in [0.15, 0.2) is 21.6 Å². The third-order valence-electron chi connectivity index (χ3n) is 5.40. The Labute approximate surface area is 161 Å². The molecule has 1 amide bonds. The molecule has 1 aromatic carbocycles. The fourth-order valence-corrected chi connectivity index (χ4v) is 3.58.